The SMILES string of the molecule is Fc1ccc(-c2nc[nH]c2-c2ccnc(NCc3cccs3)n2)cc1. The summed E-state index contributed by atoms with van der Waals surface area (Å²) in [5.41, 5.74) is 3.04. The Kier molecular flexibility index (Phi) is 4.22. The first-order valence-electron chi connectivity index (χ1n) is 7.68. The molecule has 0 amide bonds. The van der Waals surface area contributed by atoms with Crippen molar-refractivity contribution in [1.29, 1.82) is 0 Å². The Morgan fingerprint density at radius 1 is 1.08 bits per heavy atom. The number of nitrogens with one attached hydrogen (secondary N) is 2. The molecule has 0 fully saturated rings. The molecule has 5 nitrogen and oxygen atoms in total. The number of aromatic nitrogens is 4. The smallest absolute Gasteiger partial charge is 0.223 e. The lowest BCUT2D eigenvalue weighted by Crippen LogP contribution is -2.03. The minimum Gasteiger partial charge on any atom is -0.349 e. The molecule has 1 aromatic carbocycles. The Bertz CT molecular complexity index is 963. The van der Waals surface area contributed by atoms with Crippen molar-refractivity contribution in [2.24, 2.45) is 0 Å². The zero-order chi connectivity index (χ0) is 17.1. The minimum atomic E-state index is -0.275. The van der Waals surface area contributed by atoms with E-state index in [4.69, 9.17) is 0 Å². The van der Waals surface area contributed by atoms with E-state index < -0.39 is 0 Å². The van der Waals surface area contributed by atoms with Crippen LogP contribution in [0.15, 0.2) is 60.4 Å². The predicted molar refractivity (Wildman–Crippen MR) is 96.7 cm³/mol. The van der Waals surface area contributed by atoms with Gasteiger partial charge in [0.05, 0.1) is 30.0 Å². The van der Waals surface area contributed by atoms with E-state index in [0.29, 0.717) is 12.5 Å². The van der Waals surface area contributed by atoms with E-state index in [1.54, 1.807) is 36.0 Å². The average Bonchev–Trinajstić information content (AvgIpc) is 3.33. The van der Waals surface area contributed by atoms with Gasteiger partial charge in [-0.15, -0.1) is 11.3 Å². The molecule has 2 N–H and O–H groups in total. The zero-order valence-electron chi connectivity index (χ0n) is 13.1. The van der Waals surface area contributed by atoms with Crippen LogP contribution in [0.2, 0.25) is 0 Å². The summed E-state index contributed by atoms with van der Waals surface area (Å²) in [6.45, 7) is 0.676. The van der Waals surface area contributed by atoms with Crippen molar-refractivity contribution in [3.8, 4) is 22.6 Å². The van der Waals surface area contributed by atoms with Gasteiger partial charge in [0.2, 0.25) is 5.95 Å². The normalized spacial score (nSPS) is 10.8. The highest BCUT2D eigenvalue weighted by molar-refractivity contribution is 7.09. The standard InChI is InChI=1S/C18H14FN5S/c19-13-5-3-12(4-6-13)16-17(23-11-22-16)15-7-8-20-18(24-15)21-10-14-2-1-9-25-14/h1-9,11H,10H2,(H,22,23)(H,20,21,24). The minimum absolute atomic E-state index is 0.275. The van der Waals surface area contributed by atoms with Crippen LogP contribution in [0.1, 0.15) is 4.88 Å². The Morgan fingerprint density at radius 3 is 2.76 bits per heavy atom. The van der Waals surface area contributed by atoms with E-state index in [0.717, 1.165) is 22.6 Å². The van der Waals surface area contributed by atoms with Crippen molar-refractivity contribution in [1.82, 2.24) is 19.9 Å². The Balaban J connectivity index is 1.61. The van der Waals surface area contributed by atoms with Crippen LogP contribution in [-0.4, -0.2) is 19.9 Å². The number of anilines is 1. The number of rotatable bonds is 5. The molecule has 3 aromatic heterocycles. The molecule has 0 spiro atoms. The van der Waals surface area contributed by atoms with Gasteiger partial charge in [0.15, 0.2) is 0 Å². The van der Waals surface area contributed by atoms with Gasteiger partial charge in [0, 0.05) is 16.6 Å². The first-order chi connectivity index (χ1) is 12.3. The summed E-state index contributed by atoms with van der Waals surface area (Å²) in [6.07, 6.45) is 3.31. The number of hydrogen-bond donors (Lipinski definition) is 2. The lowest BCUT2D eigenvalue weighted by atomic mass is 10.1. The topological polar surface area (TPSA) is 66.5 Å². The zero-order valence-corrected chi connectivity index (χ0v) is 13.9. The van der Waals surface area contributed by atoms with Gasteiger partial charge in [-0.2, -0.15) is 0 Å². The van der Waals surface area contributed by atoms with Crippen molar-refractivity contribution in [2.75, 3.05) is 5.32 Å². The molecule has 124 valence electrons. The molecule has 4 aromatic rings. The summed E-state index contributed by atoms with van der Waals surface area (Å²) in [4.78, 5) is 17.5. The number of thiophene rings is 1. The monoisotopic (exact) mass is 351 g/mol. The number of H-pyrrole nitrogens is 1. The van der Waals surface area contributed by atoms with E-state index in [1.807, 2.05) is 17.5 Å². The van der Waals surface area contributed by atoms with E-state index >= 15 is 0 Å². The van der Waals surface area contributed by atoms with Gasteiger partial charge < -0.3 is 10.3 Å². The van der Waals surface area contributed by atoms with Crippen LogP contribution >= 0.6 is 11.3 Å². The Hall–Kier alpha value is -3.06. The molecule has 0 aliphatic carbocycles. The first kappa shape index (κ1) is 15.5. The maximum Gasteiger partial charge on any atom is 0.223 e. The quantitative estimate of drug-likeness (QED) is 0.561. The molecule has 0 atom stereocenters. The van der Waals surface area contributed by atoms with E-state index in [1.165, 1.54) is 17.0 Å². The molecule has 0 aliphatic rings. The molecule has 3 heterocycles. The van der Waals surface area contributed by atoms with E-state index in [-0.39, 0.29) is 5.82 Å². The fraction of sp³-hybridized carbons (Fsp3) is 0.0556. The molecule has 0 saturated carbocycles. The average molecular weight is 351 g/mol. The summed E-state index contributed by atoms with van der Waals surface area (Å²) >= 11 is 1.68. The lowest BCUT2D eigenvalue weighted by molar-refractivity contribution is 0.628. The fourth-order valence-electron chi connectivity index (χ4n) is 2.48. The van der Waals surface area contributed by atoms with Gasteiger partial charge in [0.25, 0.3) is 0 Å². The van der Waals surface area contributed by atoms with Crippen LogP contribution in [0.3, 0.4) is 0 Å². The van der Waals surface area contributed by atoms with Gasteiger partial charge >= 0.3 is 0 Å². The largest absolute Gasteiger partial charge is 0.349 e. The number of aromatic amines is 1. The van der Waals surface area contributed by atoms with Crippen LogP contribution in [0.4, 0.5) is 10.3 Å². The summed E-state index contributed by atoms with van der Waals surface area (Å²) in [7, 11) is 0. The van der Waals surface area contributed by atoms with Crippen molar-refractivity contribution < 1.29 is 4.39 Å². The summed E-state index contributed by atoms with van der Waals surface area (Å²) in [6, 6.07) is 12.1. The van der Waals surface area contributed by atoms with Crippen LogP contribution in [0, 0.1) is 5.82 Å². The second-order valence-corrected chi connectivity index (χ2v) is 6.36. The lowest BCUT2D eigenvalue weighted by Gasteiger charge is -2.06. The van der Waals surface area contributed by atoms with Crippen LogP contribution in [0.5, 0.6) is 0 Å². The molecule has 7 heteroatoms. The van der Waals surface area contributed by atoms with Crippen molar-refractivity contribution >= 4 is 17.3 Å². The molecule has 4 rings (SSSR count). The Morgan fingerprint density at radius 2 is 1.96 bits per heavy atom. The third-order valence-electron chi connectivity index (χ3n) is 3.67. The summed E-state index contributed by atoms with van der Waals surface area (Å²) in [5, 5.41) is 5.26. The second kappa shape index (κ2) is 6.82. The highest BCUT2D eigenvalue weighted by Gasteiger charge is 2.12. The van der Waals surface area contributed by atoms with Crippen LogP contribution < -0.4 is 5.32 Å². The number of hydrogen-bond acceptors (Lipinski definition) is 5. The second-order valence-electron chi connectivity index (χ2n) is 5.33. The van der Waals surface area contributed by atoms with Gasteiger partial charge in [-0.05, 0) is 41.8 Å². The van der Waals surface area contributed by atoms with Gasteiger partial charge in [-0.1, -0.05) is 6.07 Å². The fourth-order valence-corrected chi connectivity index (χ4v) is 3.12. The molecule has 25 heavy (non-hydrogen) atoms. The number of nitrogens with zero attached hydrogens (tertiary/aromatic N) is 3. The van der Waals surface area contributed by atoms with Crippen molar-refractivity contribution in [3.63, 3.8) is 0 Å². The Labute approximate surface area is 147 Å². The molecule has 0 unspecified atom stereocenters. The maximum absolute atomic E-state index is 13.1. The van der Waals surface area contributed by atoms with Crippen molar-refractivity contribution in [3.05, 3.63) is 71.1 Å². The van der Waals surface area contributed by atoms with E-state index in [9.17, 15) is 4.39 Å². The third-order valence-corrected chi connectivity index (χ3v) is 4.55. The predicted octanol–water partition coefficient (Wildman–Crippen LogP) is 4.35. The van der Waals surface area contributed by atoms with Crippen LogP contribution in [0.25, 0.3) is 22.6 Å². The number of benzene rings is 1. The number of halogens is 1. The van der Waals surface area contributed by atoms with Gasteiger partial charge in [0.1, 0.15) is 5.82 Å². The highest BCUT2D eigenvalue weighted by Crippen LogP contribution is 2.28. The molecular weight excluding hydrogens is 337 g/mol. The summed E-state index contributed by atoms with van der Waals surface area (Å²) in [5.74, 6) is 0.272. The van der Waals surface area contributed by atoms with Crippen LogP contribution in [-0.2, 0) is 6.54 Å². The maximum atomic E-state index is 13.1. The number of imidazole rings is 1. The van der Waals surface area contributed by atoms with Crippen molar-refractivity contribution in [2.45, 2.75) is 6.54 Å². The molecule has 0 aliphatic heterocycles. The highest BCUT2D eigenvalue weighted by atomic mass is 32.1. The third kappa shape index (κ3) is 3.41. The first-order valence-corrected chi connectivity index (χ1v) is 8.56. The van der Waals surface area contributed by atoms with E-state index in [2.05, 4.69) is 31.3 Å². The molecule has 0 radical (unpaired) electrons. The molecular formula is C18H14FN5S. The van der Waals surface area contributed by atoms with Gasteiger partial charge in [-0.3, -0.25) is 0 Å². The molecule has 0 bridgehead atoms. The summed E-state index contributed by atoms with van der Waals surface area (Å²) < 4.78 is 13.1. The molecule has 0 saturated heterocycles. The van der Waals surface area contributed by atoms with Gasteiger partial charge in [-0.25, -0.2) is 19.3 Å².